The fourth-order valence-corrected chi connectivity index (χ4v) is 4.21. The minimum atomic E-state index is -2.50. The van der Waals surface area contributed by atoms with Crippen molar-refractivity contribution in [3.8, 4) is 11.5 Å². The summed E-state index contributed by atoms with van der Waals surface area (Å²) in [4.78, 5) is 0. The van der Waals surface area contributed by atoms with Gasteiger partial charge in [0.1, 0.15) is 0 Å². The molecule has 1 aromatic carbocycles. The SMILES string of the molecule is CCCCOc1ccc2c(c1OCCCC)CC[C@@H](NCC1CC(F)(F)C1)[C@@H]2O. The van der Waals surface area contributed by atoms with Gasteiger partial charge in [-0.05, 0) is 49.8 Å². The number of aliphatic hydroxyl groups excluding tert-OH is 1. The molecule has 2 N–H and O–H groups in total. The third-order valence-corrected chi connectivity index (χ3v) is 6.01. The molecule has 0 bridgehead atoms. The molecule has 4 nitrogen and oxygen atoms in total. The van der Waals surface area contributed by atoms with E-state index in [0.717, 1.165) is 61.2 Å². The van der Waals surface area contributed by atoms with Crippen LogP contribution in [0.1, 0.15) is 76.0 Å². The number of ether oxygens (including phenoxy) is 2. The second-order valence-electron chi connectivity index (χ2n) is 8.49. The van der Waals surface area contributed by atoms with Crippen LogP contribution in [0.15, 0.2) is 12.1 Å². The fraction of sp³-hybridized carbons (Fsp3) is 0.739. The highest BCUT2D eigenvalue weighted by atomic mass is 19.3. The number of unbranched alkanes of at least 4 members (excludes halogenated alkanes) is 2. The van der Waals surface area contributed by atoms with Gasteiger partial charge < -0.3 is 19.9 Å². The Morgan fingerprint density at radius 2 is 1.79 bits per heavy atom. The summed E-state index contributed by atoms with van der Waals surface area (Å²) in [6.45, 7) is 6.07. The maximum atomic E-state index is 13.0. The van der Waals surface area contributed by atoms with E-state index >= 15 is 0 Å². The van der Waals surface area contributed by atoms with E-state index < -0.39 is 12.0 Å². The monoisotopic (exact) mass is 411 g/mol. The second kappa shape index (κ2) is 10.1. The van der Waals surface area contributed by atoms with Crippen LogP contribution in [0.5, 0.6) is 11.5 Å². The summed E-state index contributed by atoms with van der Waals surface area (Å²) < 4.78 is 38.2. The van der Waals surface area contributed by atoms with E-state index in [1.54, 1.807) is 0 Å². The van der Waals surface area contributed by atoms with Crippen LogP contribution in [0.2, 0.25) is 0 Å². The Labute approximate surface area is 173 Å². The van der Waals surface area contributed by atoms with Gasteiger partial charge in [0.25, 0.3) is 0 Å². The number of benzene rings is 1. The molecule has 1 aromatic rings. The molecule has 0 unspecified atom stereocenters. The standard InChI is InChI=1S/C23H35F2NO3/c1-3-5-11-28-20-10-8-17-18(22(20)29-12-6-4-2)7-9-19(21(17)27)26-15-16-13-23(24,25)14-16/h8,10,16,19,21,26-27H,3-7,9,11-15H2,1-2H3/t19-,21-/m1/s1. The Hall–Kier alpha value is -1.40. The first kappa shape index (κ1) is 22.3. The van der Waals surface area contributed by atoms with E-state index in [1.165, 1.54) is 0 Å². The van der Waals surface area contributed by atoms with Crippen LogP contribution in [0, 0.1) is 5.92 Å². The topological polar surface area (TPSA) is 50.7 Å². The molecule has 0 saturated heterocycles. The maximum absolute atomic E-state index is 13.0. The molecule has 2 aliphatic rings. The van der Waals surface area contributed by atoms with E-state index in [0.29, 0.717) is 19.8 Å². The zero-order valence-electron chi connectivity index (χ0n) is 17.7. The van der Waals surface area contributed by atoms with E-state index in [1.807, 2.05) is 12.1 Å². The van der Waals surface area contributed by atoms with Crippen LogP contribution in [-0.2, 0) is 6.42 Å². The molecule has 164 valence electrons. The third kappa shape index (κ3) is 5.60. The van der Waals surface area contributed by atoms with Crippen molar-refractivity contribution in [3.05, 3.63) is 23.3 Å². The Balaban J connectivity index is 1.68. The largest absolute Gasteiger partial charge is 0.490 e. The second-order valence-corrected chi connectivity index (χ2v) is 8.49. The first-order valence-corrected chi connectivity index (χ1v) is 11.2. The number of hydrogen-bond donors (Lipinski definition) is 2. The number of halogens is 2. The lowest BCUT2D eigenvalue weighted by atomic mass is 9.80. The van der Waals surface area contributed by atoms with Crippen molar-refractivity contribution in [2.45, 2.75) is 83.3 Å². The Morgan fingerprint density at radius 1 is 1.10 bits per heavy atom. The van der Waals surface area contributed by atoms with Gasteiger partial charge in [0.2, 0.25) is 5.92 Å². The van der Waals surface area contributed by atoms with E-state index in [4.69, 9.17) is 9.47 Å². The minimum absolute atomic E-state index is 0.000812. The molecular weight excluding hydrogens is 376 g/mol. The molecule has 3 rings (SSSR count). The average Bonchev–Trinajstić information content (AvgIpc) is 2.67. The zero-order chi connectivity index (χ0) is 20.9. The zero-order valence-corrected chi connectivity index (χ0v) is 17.7. The maximum Gasteiger partial charge on any atom is 0.248 e. The summed E-state index contributed by atoms with van der Waals surface area (Å²) in [7, 11) is 0. The molecule has 0 radical (unpaired) electrons. The van der Waals surface area contributed by atoms with Crippen LogP contribution in [-0.4, -0.2) is 36.8 Å². The van der Waals surface area contributed by atoms with Crippen molar-refractivity contribution in [3.63, 3.8) is 0 Å². The van der Waals surface area contributed by atoms with Crippen LogP contribution >= 0.6 is 0 Å². The average molecular weight is 412 g/mol. The first-order chi connectivity index (χ1) is 13.9. The highest BCUT2D eigenvalue weighted by Gasteiger charge is 2.45. The number of fused-ring (bicyclic) bond motifs is 1. The quantitative estimate of drug-likeness (QED) is 0.502. The van der Waals surface area contributed by atoms with Gasteiger partial charge in [-0.1, -0.05) is 32.8 Å². The lowest BCUT2D eigenvalue weighted by molar-refractivity contribution is -0.110. The van der Waals surface area contributed by atoms with Crippen molar-refractivity contribution < 1.29 is 23.4 Å². The number of aliphatic hydroxyl groups is 1. The van der Waals surface area contributed by atoms with Crippen molar-refractivity contribution in [2.75, 3.05) is 19.8 Å². The van der Waals surface area contributed by atoms with Crippen molar-refractivity contribution in [1.82, 2.24) is 5.32 Å². The van der Waals surface area contributed by atoms with Gasteiger partial charge in [-0.15, -0.1) is 0 Å². The van der Waals surface area contributed by atoms with Gasteiger partial charge in [0.05, 0.1) is 19.3 Å². The lowest BCUT2D eigenvalue weighted by Crippen LogP contribution is -2.46. The predicted octanol–water partition coefficient (Wildman–Crippen LogP) is 5.03. The van der Waals surface area contributed by atoms with Gasteiger partial charge in [-0.25, -0.2) is 8.78 Å². The van der Waals surface area contributed by atoms with E-state index in [2.05, 4.69) is 19.2 Å². The summed E-state index contributed by atoms with van der Waals surface area (Å²) in [6, 6.07) is 3.71. The normalized spacial score (nSPS) is 23.3. The smallest absolute Gasteiger partial charge is 0.248 e. The molecule has 29 heavy (non-hydrogen) atoms. The third-order valence-electron chi connectivity index (χ3n) is 6.01. The summed E-state index contributed by atoms with van der Waals surface area (Å²) >= 11 is 0. The summed E-state index contributed by atoms with van der Waals surface area (Å²) in [5.41, 5.74) is 1.89. The molecule has 0 aromatic heterocycles. The van der Waals surface area contributed by atoms with Gasteiger partial charge in [0, 0.05) is 24.4 Å². The molecule has 1 fully saturated rings. The highest BCUT2D eigenvalue weighted by Crippen LogP contribution is 2.43. The van der Waals surface area contributed by atoms with Gasteiger partial charge >= 0.3 is 0 Å². The number of rotatable bonds is 11. The molecule has 2 atom stereocenters. The van der Waals surface area contributed by atoms with Crippen LogP contribution in [0.4, 0.5) is 8.78 Å². The Morgan fingerprint density at radius 3 is 2.45 bits per heavy atom. The Kier molecular flexibility index (Phi) is 7.74. The van der Waals surface area contributed by atoms with E-state index in [-0.39, 0.29) is 24.8 Å². The number of hydrogen-bond acceptors (Lipinski definition) is 4. The van der Waals surface area contributed by atoms with Crippen molar-refractivity contribution in [1.29, 1.82) is 0 Å². The molecule has 0 heterocycles. The van der Waals surface area contributed by atoms with Crippen LogP contribution in [0.25, 0.3) is 0 Å². The molecule has 1 saturated carbocycles. The molecule has 0 spiro atoms. The Bertz CT molecular complexity index is 660. The molecule has 2 aliphatic carbocycles. The highest BCUT2D eigenvalue weighted by molar-refractivity contribution is 5.53. The summed E-state index contributed by atoms with van der Waals surface area (Å²) in [6.07, 6.45) is 4.83. The van der Waals surface area contributed by atoms with Gasteiger partial charge in [-0.2, -0.15) is 0 Å². The van der Waals surface area contributed by atoms with Crippen molar-refractivity contribution >= 4 is 0 Å². The first-order valence-electron chi connectivity index (χ1n) is 11.2. The van der Waals surface area contributed by atoms with Crippen molar-refractivity contribution in [2.24, 2.45) is 5.92 Å². The van der Waals surface area contributed by atoms with Crippen LogP contribution in [0.3, 0.4) is 0 Å². The molecule has 0 aliphatic heterocycles. The minimum Gasteiger partial charge on any atom is -0.490 e. The van der Waals surface area contributed by atoms with Gasteiger partial charge in [-0.3, -0.25) is 0 Å². The molecule has 6 heteroatoms. The predicted molar refractivity (Wildman–Crippen MR) is 110 cm³/mol. The van der Waals surface area contributed by atoms with Crippen LogP contribution < -0.4 is 14.8 Å². The van der Waals surface area contributed by atoms with Gasteiger partial charge in [0.15, 0.2) is 11.5 Å². The lowest BCUT2D eigenvalue weighted by Gasteiger charge is -2.38. The summed E-state index contributed by atoms with van der Waals surface area (Å²) in [5, 5.41) is 14.2. The number of alkyl halides is 2. The molecule has 0 amide bonds. The summed E-state index contributed by atoms with van der Waals surface area (Å²) in [5.74, 6) is -0.976. The fourth-order valence-electron chi connectivity index (χ4n) is 4.21. The number of nitrogens with one attached hydrogen (secondary N) is 1. The molecular formula is C23H35F2NO3. The van der Waals surface area contributed by atoms with E-state index in [9.17, 15) is 13.9 Å².